The van der Waals surface area contributed by atoms with Crippen molar-refractivity contribution >= 4 is 11.5 Å². The molecule has 0 aliphatic heterocycles. The standard InChI is InChI=1S/C16H14O2/c1-11-4-3-5-15(10-11)14-8-6-13(7-9-14)12(2)16(17)18/h3-10H,2H2,1H3,(H,17,18). The van der Waals surface area contributed by atoms with Crippen molar-refractivity contribution in [2.75, 3.05) is 0 Å². The van der Waals surface area contributed by atoms with Crippen LogP contribution in [-0.4, -0.2) is 11.1 Å². The van der Waals surface area contributed by atoms with E-state index in [1.807, 2.05) is 37.3 Å². The zero-order chi connectivity index (χ0) is 13.1. The van der Waals surface area contributed by atoms with E-state index >= 15 is 0 Å². The minimum absolute atomic E-state index is 0.116. The van der Waals surface area contributed by atoms with Gasteiger partial charge in [-0.15, -0.1) is 0 Å². The van der Waals surface area contributed by atoms with Crippen LogP contribution in [-0.2, 0) is 4.79 Å². The van der Waals surface area contributed by atoms with E-state index in [1.165, 1.54) is 5.56 Å². The maximum Gasteiger partial charge on any atom is 0.335 e. The van der Waals surface area contributed by atoms with E-state index in [0.29, 0.717) is 5.56 Å². The average molecular weight is 238 g/mol. The van der Waals surface area contributed by atoms with Gasteiger partial charge in [-0.3, -0.25) is 0 Å². The van der Waals surface area contributed by atoms with Crippen molar-refractivity contribution in [1.29, 1.82) is 0 Å². The maximum absolute atomic E-state index is 10.8. The molecule has 2 rings (SSSR count). The van der Waals surface area contributed by atoms with Gasteiger partial charge in [0.1, 0.15) is 0 Å². The number of aliphatic carboxylic acids is 1. The molecule has 2 aromatic carbocycles. The third kappa shape index (κ3) is 2.48. The fraction of sp³-hybridized carbons (Fsp3) is 0.0625. The van der Waals surface area contributed by atoms with E-state index in [4.69, 9.17) is 5.11 Å². The second-order valence-corrected chi connectivity index (χ2v) is 4.23. The Kier molecular flexibility index (Phi) is 3.28. The molecule has 0 fully saturated rings. The summed E-state index contributed by atoms with van der Waals surface area (Å²) in [6.45, 7) is 5.59. The molecule has 0 saturated carbocycles. The largest absolute Gasteiger partial charge is 0.478 e. The third-order valence-corrected chi connectivity index (χ3v) is 2.84. The first-order chi connectivity index (χ1) is 8.58. The highest BCUT2D eigenvalue weighted by molar-refractivity contribution is 6.14. The SMILES string of the molecule is C=C(C(=O)O)c1ccc(-c2cccc(C)c2)cc1. The van der Waals surface area contributed by atoms with Crippen LogP contribution >= 0.6 is 0 Å². The fourth-order valence-corrected chi connectivity index (χ4v) is 1.81. The van der Waals surface area contributed by atoms with E-state index in [9.17, 15) is 4.79 Å². The molecule has 0 spiro atoms. The van der Waals surface area contributed by atoms with Crippen LogP contribution in [0.25, 0.3) is 16.7 Å². The van der Waals surface area contributed by atoms with Gasteiger partial charge in [0, 0.05) is 0 Å². The Morgan fingerprint density at radius 2 is 1.72 bits per heavy atom. The van der Waals surface area contributed by atoms with Crippen molar-refractivity contribution in [2.24, 2.45) is 0 Å². The van der Waals surface area contributed by atoms with E-state index in [0.717, 1.165) is 11.1 Å². The van der Waals surface area contributed by atoms with Crippen molar-refractivity contribution < 1.29 is 9.90 Å². The fourth-order valence-electron chi connectivity index (χ4n) is 1.81. The lowest BCUT2D eigenvalue weighted by Gasteiger charge is -2.05. The highest BCUT2D eigenvalue weighted by Gasteiger charge is 2.07. The van der Waals surface area contributed by atoms with Gasteiger partial charge >= 0.3 is 5.97 Å². The molecule has 0 aromatic heterocycles. The van der Waals surface area contributed by atoms with Gasteiger partial charge in [0.15, 0.2) is 0 Å². The number of hydrogen-bond acceptors (Lipinski definition) is 1. The number of rotatable bonds is 3. The van der Waals surface area contributed by atoms with Crippen molar-refractivity contribution in [3.63, 3.8) is 0 Å². The lowest BCUT2D eigenvalue weighted by Crippen LogP contribution is -1.97. The van der Waals surface area contributed by atoms with Gasteiger partial charge in [-0.25, -0.2) is 4.79 Å². The summed E-state index contributed by atoms with van der Waals surface area (Å²) in [6, 6.07) is 15.6. The first-order valence-corrected chi connectivity index (χ1v) is 5.67. The first kappa shape index (κ1) is 12.1. The van der Waals surface area contributed by atoms with Crippen LogP contribution < -0.4 is 0 Å². The van der Waals surface area contributed by atoms with Crippen LogP contribution in [0.1, 0.15) is 11.1 Å². The first-order valence-electron chi connectivity index (χ1n) is 5.67. The summed E-state index contributed by atoms with van der Waals surface area (Å²) in [5.41, 5.74) is 4.15. The van der Waals surface area contributed by atoms with Crippen molar-refractivity contribution in [3.8, 4) is 11.1 Å². The van der Waals surface area contributed by atoms with Crippen LogP contribution in [0.15, 0.2) is 55.1 Å². The molecule has 0 amide bonds. The zero-order valence-corrected chi connectivity index (χ0v) is 10.2. The summed E-state index contributed by atoms with van der Waals surface area (Å²) in [4.78, 5) is 10.8. The molecule has 90 valence electrons. The van der Waals surface area contributed by atoms with Gasteiger partial charge < -0.3 is 5.11 Å². The topological polar surface area (TPSA) is 37.3 Å². The lowest BCUT2D eigenvalue weighted by atomic mass is 10.00. The lowest BCUT2D eigenvalue weighted by molar-refractivity contribution is -0.130. The number of carboxylic acids is 1. The highest BCUT2D eigenvalue weighted by Crippen LogP contribution is 2.22. The normalized spacial score (nSPS) is 10.1. The number of benzene rings is 2. The number of carboxylic acid groups (broad SMARTS) is 1. The summed E-state index contributed by atoms with van der Waals surface area (Å²) in [7, 11) is 0. The second-order valence-electron chi connectivity index (χ2n) is 4.23. The van der Waals surface area contributed by atoms with Gasteiger partial charge in [-0.05, 0) is 23.6 Å². The summed E-state index contributed by atoms with van der Waals surface area (Å²) in [5.74, 6) is -0.988. The molecule has 0 aliphatic rings. The molecular weight excluding hydrogens is 224 g/mol. The van der Waals surface area contributed by atoms with Gasteiger partial charge in [0.2, 0.25) is 0 Å². The molecule has 0 unspecified atom stereocenters. The predicted molar refractivity (Wildman–Crippen MR) is 73.3 cm³/mol. The Bertz CT molecular complexity index is 595. The number of carbonyl (C=O) groups is 1. The minimum Gasteiger partial charge on any atom is -0.478 e. The third-order valence-electron chi connectivity index (χ3n) is 2.84. The van der Waals surface area contributed by atoms with Crippen molar-refractivity contribution in [3.05, 3.63) is 66.2 Å². The molecule has 0 heterocycles. The summed E-state index contributed by atoms with van der Waals surface area (Å²) >= 11 is 0. The van der Waals surface area contributed by atoms with Crippen molar-refractivity contribution in [2.45, 2.75) is 6.92 Å². The monoisotopic (exact) mass is 238 g/mol. The molecule has 0 saturated heterocycles. The van der Waals surface area contributed by atoms with Crippen LogP contribution in [0, 0.1) is 6.92 Å². The van der Waals surface area contributed by atoms with E-state index in [-0.39, 0.29) is 5.57 Å². The minimum atomic E-state index is -0.988. The van der Waals surface area contributed by atoms with Crippen LogP contribution in [0.5, 0.6) is 0 Å². The van der Waals surface area contributed by atoms with Crippen LogP contribution in [0.2, 0.25) is 0 Å². The molecule has 0 radical (unpaired) electrons. The van der Waals surface area contributed by atoms with E-state index in [1.54, 1.807) is 12.1 Å². The Morgan fingerprint density at radius 3 is 2.28 bits per heavy atom. The van der Waals surface area contributed by atoms with Gasteiger partial charge in [0.25, 0.3) is 0 Å². The quantitative estimate of drug-likeness (QED) is 0.827. The molecule has 18 heavy (non-hydrogen) atoms. The van der Waals surface area contributed by atoms with Gasteiger partial charge in [-0.1, -0.05) is 60.7 Å². The summed E-state index contributed by atoms with van der Waals surface area (Å²) in [5, 5.41) is 8.86. The molecule has 2 aromatic rings. The zero-order valence-electron chi connectivity index (χ0n) is 10.2. The molecular formula is C16H14O2. The molecule has 2 nitrogen and oxygen atoms in total. The Hall–Kier alpha value is -2.35. The smallest absolute Gasteiger partial charge is 0.335 e. The number of hydrogen-bond donors (Lipinski definition) is 1. The van der Waals surface area contributed by atoms with Gasteiger partial charge in [-0.2, -0.15) is 0 Å². The van der Waals surface area contributed by atoms with Gasteiger partial charge in [0.05, 0.1) is 5.57 Å². The maximum atomic E-state index is 10.8. The Balaban J connectivity index is 2.33. The van der Waals surface area contributed by atoms with Crippen molar-refractivity contribution in [1.82, 2.24) is 0 Å². The molecule has 2 heteroatoms. The Labute approximate surface area is 106 Å². The summed E-state index contributed by atoms with van der Waals surface area (Å²) < 4.78 is 0. The van der Waals surface area contributed by atoms with Crippen LogP contribution in [0.3, 0.4) is 0 Å². The Morgan fingerprint density at radius 1 is 1.06 bits per heavy atom. The summed E-state index contributed by atoms with van der Waals surface area (Å²) in [6.07, 6.45) is 0. The molecule has 0 bridgehead atoms. The molecule has 1 N–H and O–H groups in total. The highest BCUT2D eigenvalue weighted by atomic mass is 16.4. The molecule has 0 aliphatic carbocycles. The van der Waals surface area contributed by atoms with E-state index in [2.05, 4.69) is 12.6 Å². The predicted octanol–water partition coefficient (Wildman–Crippen LogP) is 3.76. The molecule has 0 atom stereocenters. The van der Waals surface area contributed by atoms with E-state index < -0.39 is 5.97 Å². The number of aryl methyl sites for hydroxylation is 1. The second kappa shape index (κ2) is 4.88. The average Bonchev–Trinajstić information content (AvgIpc) is 2.38. The van der Waals surface area contributed by atoms with Crippen LogP contribution in [0.4, 0.5) is 0 Å².